The third-order valence-electron chi connectivity index (χ3n) is 4.75. The molecule has 6 nitrogen and oxygen atoms in total. The average molecular weight is 358 g/mol. The van der Waals surface area contributed by atoms with Crippen LogP contribution in [0.25, 0.3) is 0 Å². The number of hydrogen-bond donors (Lipinski definition) is 2. The van der Waals surface area contributed by atoms with E-state index in [2.05, 4.69) is 0 Å². The molecule has 0 amide bonds. The Morgan fingerprint density at radius 2 is 1.50 bits per heavy atom. The molecule has 3 rings (SSSR count). The van der Waals surface area contributed by atoms with Crippen molar-refractivity contribution in [3.8, 4) is 23.0 Å². The Bertz CT molecular complexity index is 801. The molecule has 0 unspecified atom stereocenters. The lowest BCUT2D eigenvalue weighted by atomic mass is 9.85. The molecular weight excluding hydrogens is 336 g/mol. The number of rotatable bonds is 6. The molecule has 1 aliphatic rings. The Morgan fingerprint density at radius 1 is 0.962 bits per heavy atom. The van der Waals surface area contributed by atoms with Crippen molar-refractivity contribution in [3.63, 3.8) is 0 Å². The van der Waals surface area contributed by atoms with Gasteiger partial charge in [-0.1, -0.05) is 12.1 Å². The molecule has 2 aromatic carbocycles. The highest BCUT2D eigenvalue weighted by Gasteiger charge is 2.37. The van der Waals surface area contributed by atoms with Crippen LogP contribution in [0.1, 0.15) is 11.1 Å². The van der Waals surface area contributed by atoms with Crippen LogP contribution in [-0.2, 0) is 22.4 Å². The van der Waals surface area contributed by atoms with E-state index in [-0.39, 0.29) is 29.3 Å². The zero-order chi connectivity index (χ0) is 18.7. The number of carbonyl (C=O) groups excluding carboxylic acids is 1. The van der Waals surface area contributed by atoms with Crippen LogP contribution >= 0.6 is 0 Å². The number of cyclic esters (lactones) is 1. The van der Waals surface area contributed by atoms with Gasteiger partial charge in [-0.05, 0) is 48.2 Å². The van der Waals surface area contributed by atoms with Gasteiger partial charge in [-0.15, -0.1) is 0 Å². The van der Waals surface area contributed by atoms with Crippen molar-refractivity contribution in [3.05, 3.63) is 47.5 Å². The van der Waals surface area contributed by atoms with E-state index < -0.39 is 0 Å². The minimum absolute atomic E-state index is 0.0246. The Hall–Kier alpha value is -2.89. The predicted molar refractivity (Wildman–Crippen MR) is 94.7 cm³/mol. The van der Waals surface area contributed by atoms with Crippen LogP contribution in [0.3, 0.4) is 0 Å². The van der Waals surface area contributed by atoms with Crippen molar-refractivity contribution >= 4 is 5.97 Å². The first-order chi connectivity index (χ1) is 12.5. The van der Waals surface area contributed by atoms with Gasteiger partial charge in [0.2, 0.25) is 0 Å². The first-order valence-electron chi connectivity index (χ1n) is 8.40. The smallest absolute Gasteiger partial charge is 0.309 e. The topological polar surface area (TPSA) is 85.2 Å². The summed E-state index contributed by atoms with van der Waals surface area (Å²) in [6.45, 7) is 0.363. The molecule has 1 fully saturated rings. The minimum atomic E-state index is -0.274. The normalized spacial score (nSPS) is 19.2. The van der Waals surface area contributed by atoms with Crippen molar-refractivity contribution in [2.45, 2.75) is 12.8 Å². The lowest BCUT2D eigenvalue weighted by molar-refractivity contribution is -0.141. The highest BCUT2D eigenvalue weighted by molar-refractivity contribution is 5.75. The first kappa shape index (κ1) is 17.9. The lowest BCUT2D eigenvalue weighted by Crippen LogP contribution is -2.20. The van der Waals surface area contributed by atoms with Gasteiger partial charge >= 0.3 is 5.97 Å². The van der Waals surface area contributed by atoms with Crippen LogP contribution < -0.4 is 9.47 Å². The third-order valence-corrected chi connectivity index (χ3v) is 4.75. The first-order valence-corrected chi connectivity index (χ1v) is 8.40. The van der Waals surface area contributed by atoms with Crippen molar-refractivity contribution in [2.75, 3.05) is 20.8 Å². The quantitative estimate of drug-likeness (QED) is 0.773. The molecule has 0 spiro atoms. The summed E-state index contributed by atoms with van der Waals surface area (Å²) in [7, 11) is 2.99. The summed E-state index contributed by atoms with van der Waals surface area (Å²) in [6, 6.07) is 10.3. The predicted octanol–water partition coefficient (Wildman–Crippen LogP) is 2.69. The molecule has 6 heteroatoms. The standard InChI is InChI=1S/C20H22O6/c1-24-18-9-12(3-5-16(18)21)7-14-11-26-20(23)15(14)8-13-4-6-17(22)19(10-13)25-2/h3-6,9-10,14-15,21-22H,7-8,11H2,1-2H3/t14-,15-/m0/s1. The fourth-order valence-corrected chi connectivity index (χ4v) is 3.31. The number of ether oxygens (including phenoxy) is 3. The molecule has 1 saturated heterocycles. The maximum Gasteiger partial charge on any atom is 0.309 e. The second-order valence-electron chi connectivity index (χ2n) is 6.42. The van der Waals surface area contributed by atoms with Crippen LogP contribution in [0.15, 0.2) is 36.4 Å². The zero-order valence-corrected chi connectivity index (χ0v) is 14.8. The molecule has 1 heterocycles. The van der Waals surface area contributed by atoms with Gasteiger partial charge in [0.15, 0.2) is 23.0 Å². The summed E-state index contributed by atoms with van der Waals surface area (Å²) in [6.07, 6.45) is 1.15. The Kier molecular flexibility index (Phi) is 5.21. The Labute approximate surface area is 151 Å². The number of hydrogen-bond acceptors (Lipinski definition) is 6. The molecule has 2 N–H and O–H groups in total. The van der Waals surface area contributed by atoms with E-state index in [1.807, 2.05) is 6.07 Å². The summed E-state index contributed by atoms with van der Waals surface area (Å²) >= 11 is 0. The van der Waals surface area contributed by atoms with E-state index in [1.54, 1.807) is 30.3 Å². The van der Waals surface area contributed by atoms with Gasteiger partial charge in [-0.25, -0.2) is 0 Å². The molecule has 2 aromatic rings. The van der Waals surface area contributed by atoms with Crippen LogP contribution in [0.2, 0.25) is 0 Å². The summed E-state index contributed by atoms with van der Waals surface area (Å²) in [4.78, 5) is 12.2. The molecule has 138 valence electrons. The molecular formula is C20H22O6. The van der Waals surface area contributed by atoms with E-state index in [0.717, 1.165) is 11.1 Å². The third kappa shape index (κ3) is 3.69. The van der Waals surface area contributed by atoms with Gasteiger partial charge in [-0.3, -0.25) is 4.79 Å². The summed E-state index contributed by atoms with van der Waals surface area (Å²) < 4.78 is 15.6. The number of methoxy groups -OCH3 is 2. The number of aromatic hydroxyl groups is 2. The highest BCUT2D eigenvalue weighted by Crippen LogP contribution is 2.34. The zero-order valence-electron chi connectivity index (χ0n) is 14.8. The van der Waals surface area contributed by atoms with E-state index in [4.69, 9.17) is 14.2 Å². The molecule has 26 heavy (non-hydrogen) atoms. The van der Waals surface area contributed by atoms with E-state index in [0.29, 0.717) is 30.9 Å². The molecule has 2 atom stereocenters. The molecule has 0 radical (unpaired) electrons. The van der Waals surface area contributed by atoms with Crippen molar-refractivity contribution in [1.29, 1.82) is 0 Å². The SMILES string of the molecule is COc1cc(C[C@H]2COC(=O)[C@H]2Cc2ccc(O)c(OC)c2)ccc1O. The molecule has 0 saturated carbocycles. The van der Waals surface area contributed by atoms with Gasteiger partial charge in [0.05, 0.1) is 26.7 Å². The van der Waals surface area contributed by atoms with E-state index in [9.17, 15) is 15.0 Å². The number of esters is 1. The molecule has 1 aliphatic heterocycles. The van der Waals surface area contributed by atoms with Crippen molar-refractivity contribution < 1.29 is 29.2 Å². The molecule has 0 aliphatic carbocycles. The highest BCUT2D eigenvalue weighted by atomic mass is 16.5. The second kappa shape index (κ2) is 7.56. The molecule has 0 bridgehead atoms. The van der Waals surface area contributed by atoms with E-state index >= 15 is 0 Å². The fraction of sp³-hybridized carbons (Fsp3) is 0.350. The Morgan fingerprint density at radius 3 is 2.04 bits per heavy atom. The number of phenols is 2. The van der Waals surface area contributed by atoms with Crippen molar-refractivity contribution in [1.82, 2.24) is 0 Å². The fourth-order valence-electron chi connectivity index (χ4n) is 3.31. The summed E-state index contributed by atoms with van der Waals surface area (Å²) in [5.41, 5.74) is 1.87. The monoisotopic (exact) mass is 358 g/mol. The number of benzene rings is 2. The van der Waals surface area contributed by atoms with Gasteiger partial charge in [0.1, 0.15) is 0 Å². The lowest BCUT2D eigenvalue weighted by Gasteiger charge is -2.16. The van der Waals surface area contributed by atoms with Crippen LogP contribution in [-0.4, -0.2) is 37.0 Å². The minimum Gasteiger partial charge on any atom is -0.504 e. The van der Waals surface area contributed by atoms with Crippen LogP contribution in [0.4, 0.5) is 0 Å². The Balaban J connectivity index is 1.76. The molecule has 0 aromatic heterocycles. The maximum atomic E-state index is 12.2. The summed E-state index contributed by atoms with van der Waals surface area (Å²) in [5.74, 6) is 0.482. The van der Waals surface area contributed by atoms with Crippen LogP contribution in [0, 0.1) is 11.8 Å². The summed E-state index contributed by atoms with van der Waals surface area (Å²) in [5, 5.41) is 19.4. The maximum absolute atomic E-state index is 12.2. The van der Waals surface area contributed by atoms with Gasteiger partial charge in [-0.2, -0.15) is 0 Å². The van der Waals surface area contributed by atoms with Gasteiger partial charge in [0, 0.05) is 5.92 Å². The largest absolute Gasteiger partial charge is 0.504 e. The van der Waals surface area contributed by atoms with E-state index in [1.165, 1.54) is 14.2 Å². The number of phenolic OH excluding ortho intramolecular Hbond substituents is 2. The van der Waals surface area contributed by atoms with Crippen molar-refractivity contribution in [2.24, 2.45) is 11.8 Å². The van der Waals surface area contributed by atoms with Crippen LogP contribution in [0.5, 0.6) is 23.0 Å². The second-order valence-corrected chi connectivity index (χ2v) is 6.42. The average Bonchev–Trinajstić information content (AvgIpc) is 2.98. The number of carbonyl (C=O) groups is 1. The van der Waals surface area contributed by atoms with Gasteiger partial charge < -0.3 is 24.4 Å². The van der Waals surface area contributed by atoms with Gasteiger partial charge in [0.25, 0.3) is 0 Å².